The molecule has 2 N–H and O–H groups in total. The van der Waals surface area contributed by atoms with Crippen LogP contribution in [0.2, 0.25) is 0 Å². The molecule has 0 unspecified atom stereocenters. The van der Waals surface area contributed by atoms with Gasteiger partial charge in [-0.2, -0.15) is 5.10 Å². The molecule has 0 radical (unpaired) electrons. The normalized spacial score (nSPS) is 11.7. The van der Waals surface area contributed by atoms with Gasteiger partial charge in [-0.15, -0.1) is 0 Å². The molecular formula is C21H24N4OS. The van der Waals surface area contributed by atoms with Crippen LogP contribution in [0, 0.1) is 20.8 Å². The van der Waals surface area contributed by atoms with Gasteiger partial charge in [0.2, 0.25) is 5.13 Å². The highest BCUT2D eigenvalue weighted by atomic mass is 32.1. The Morgan fingerprint density at radius 3 is 2.70 bits per heavy atom. The third-order valence-electron chi connectivity index (χ3n) is 4.49. The predicted octanol–water partition coefficient (Wildman–Crippen LogP) is 5.67. The number of amides is 1. The van der Waals surface area contributed by atoms with Crippen LogP contribution in [0.1, 0.15) is 47.3 Å². The number of nitrogens with zero attached hydrogens (tertiary/aromatic N) is 2. The number of thiazole rings is 1. The first kappa shape index (κ1) is 19.0. The summed E-state index contributed by atoms with van der Waals surface area (Å²) in [5.41, 5.74) is 9.54. The standard InChI is InChI=1S/C21H24N4OS/c1-6-14(4)24-25-21-22-17-11-13(3)18(15(5)19(17)27-21)23-20(26)16-9-7-8-12(2)10-16/h7-11H,6H2,1-5H3,(H,22,25)(H,23,26)/b24-14+. The zero-order valence-electron chi connectivity index (χ0n) is 16.3. The fourth-order valence-electron chi connectivity index (χ4n) is 2.82. The van der Waals surface area contributed by atoms with Gasteiger partial charge in [0.25, 0.3) is 5.91 Å². The van der Waals surface area contributed by atoms with Crippen molar-refractivity contribution in [2.24, 2.45) is 5.10 Å². The molecule has 3 aromatic rings. The SMILES string of the molecule is CC/C(C)=N/Nc1nc2cc(C)c(NC(=O)c3cccc(C)c3)c(C)c2s1. The highest BCUT2D eigenvalue weighted by molar-refractivity contribution is 7.22. The third-order valence-corrected chi connectivity index (χ3v) is 5.58. The number of fused-ring (bicyclic) bond motifs is 1. The molecular weight excluding hydrogens is 356 g/mol. The van der Waals surface area contributed by atoms with Gasteiger partial charge in [-0.25, -0.2) is 4.98 Å². The average molecular weight is 381 g/mol. The molecule has 5 nitrogen and oxygen atoms in total. The number of rotatable bonds is 5. The lowest BCUT2D eigenvalue weighted by Gasteiger charge is -2.12. The minimum absolute atomic E-state index is 0.102. The fourth-order valence-corrected chi connectivity index (χ4v) is 3.71. The van der Waals surface area contributed by atoms with Crippen LogP contribution in [0.4, 0.5) is 10.8 Å². The fraction of sp³-hybridized carbons (Fsp3) is 0.286. The zero-order chi connectivity index (χ0) is 19.6. The number of benzene rings is 2. The molecule has 6 heteroatoms. The number of carbonyl (C=O) groups is 1. The van der Waals surface area contributed by atoms with Crippen molar-refractivity contribution in [3.05, 3.63) is 52.6 Å². The topological polar surface area (TPSA) is 66.4 Å². The third kappa shape index (κ3) is 4.17. The molecule has 1 aromatic heterocycles. The molecule has 0 aliphatic carbocycles. The smallest absolute Gasteiger partial charge is 0.255 e. The second-order valence-corrected chi connectivity index (χ2v) is 7.70. The molecule has 0 aliphatic heterocycles. The van der Waals surface area contributed by atoms with Crippen LogP contribution in [-0.4, -0.2) is 16.6 Å². The highest BCUT2D eigenvalue weighted by Crippen LogP contribution is 2.35. The summed E-state index contributed by atoms with van der Waals surface area (Å²) in [7, 11) is 0. The maximum absolute atomic E-state index is 12.7. The Morgan fingerprint density at radius 2 is 2.00 bits per heavy atom. The number of anilines is 2. The van der Waals surface area contributed by atoms with Crippen molar-refractivity contribution in [3.8, 4) is 0 Å². The summed E-state index contributed by atoms with van der Waals surface area (Å²) in [5.74, 6) is -0.102. The quantitative estimate of drug-likeness (QED) is 0.442. The summed E-state index contributed by atoms with van der Waals surface area (Å²) >= 11 is 1.54. The van der Waals surface area contributed by atoms with E-state index >= 15 is 0 Å². The first-order chi connectivity index (χ1) is 12.9. The van der Waals surface area contributed by atoms with Crippen molar-refractivity contribution < 1.29 is 4.79 Å². The Morgan fingerprint density at radius 1 is 1.22 bits per heavy atom. The summed E-state index contributed by atoms with van der Waals surface area (Å²) in [6, 6.07) is 9.60. The molecule has 140 valence electrons. The first-order valence-electron chi connectivity index (χ1n) is 8.97. The van der Waals surface area contributed by atoms with E-state index in [1.165, 1.54) is 0 Å². The highest BCUT2D eigenvalue weighted by Gasteiger charge is 2.15. The van der Waals surface area contributed by atoms with E-state index in [2.05, 4.69) is 27.8 Å². The molecule has 1 heterocycles. The van der Waals surface area contributed by atoms with Crippen LogP contribution in [0.5, 0.6) is 0 Å². The van der Waals surface area contributed by atoms with Gasteiger partial charge in [0.15, 0.2) is 0 Å². The molecule has 0 atom stereocenters. The number of hydrogen-bond donors (Lipinski definition) is 2. The van der Waals surface area contributed by atoms with E-state index in [0.717, 1.165) is 49.9 Å². The molecule has 2 aromatic carbocycles. The van der Waals surface area contributed by atoms with Crippen molar-refractivity contribution in [1.82, 2.24) is 4.98 Å². The van der Waals surface area contributed by atoms with E-state index in [9.17, 15) is 4.79 Å². The Hall–Kier alpha value is -2.73. The van der Waals surface area contributed by atoms with Crippen molar-refractivity contribution >= 4 is 44.0 Å². The molecule has 0 bridgehead atoms. The second kappa shape index (κ2) is 7.88. The predicted molar refractivity (Wildman–Crippen MR) is 115 cm³/mol. The average Bonchev–Trinajstić information content (AvgIpc) is 3.06. The first-order valence-corrected chi connectivity index (χ1v) is 9.78. The molecule has 0 fully saturated rings. The van der Waals surface area contributed by atoms with E-state index in [0.29, 0.717) is 5.56 Å². The molecule has 3 rings (SSSR count). The Labute approximate surface area is 163 Å². The summed E-state index contributed by atoms with van der Waals surface area (Å²) in [5, 5.41) is 8.15. The van der Waals surface area contributed by atoms with E-state index in [1.807, 2.05) is 58.0 Å². The minimum atomic E-state index is -0.102. The Bertz CT molecular complexity index is 1040. The van der Waals surface area contributed by atoms with E-state index in [-0.39, 0.29) is 5.91 Å². The van der Waals surface area contributed by atoms with Crippen molar-refractivity contribution in [1.29, 1.82) is 0 Å². The summed E-state index contributed by atoms with van der Waals surface area (Å²) < 4.78 is 1.05. The molecule has 0 saturated heterocycles. The zero-order valence-corrected chi connectivity index (χ0v) is 17.1. The Balaban J connectivity index is 1.93. The molecule has 1 amide bonds. The number of hydrazone groups is 1. The molecule has 0 aliphatic rings. The van der Waals surface area contributed by atoms with Crippen molar-refractivity contribution in [3.63, 3.8) is 0 Å². The summed E-state index contributed by atoms with van der Waals surface area (Å²) in [6.07, 6.45) is 0.894. The van der Waals surface area contributed by atoms with Gasteiger partial charge in [0, 0.05) is 17.0 Å². The van der Waals surface area contributed by atoms with Gasteiger partial charge in [-0.1, -0.05) is 36.0 Å². The number of aromatic nitrogens is 1. The Kier molecular flexibility index (Phi) is 5.56. The lowest BCUT2D eigenvalue weighted by molar-refractivity contribution is 0.102. The second-order valence-electron chi connectivity index (χ2n) is 6.70. The monoisotopic (exact) mass is 380 g/mol. The van der Waals surface area contributed by atoms with Crippen molar-refractivity contribution in [2.45, 2.75) is 41.0 Å². The van der Waals surface area contributed by atoms with E-state index in [4.69, 9.17) is 0 Å². The van der Waals surface area contributed by atoms with Gasteiger partial charge in [-0.3, -0.25) is 10.2 Å². The van der Waals surface area contributed by atoms with Gasteiger partial charge < -0.3 is 5.32 Å². The molecule has 27 heavy (non-hydrogen) atoms. The van der Waals surface area contributed by atoms with Crippen LogP contribution in [0.3, 0.4) is 0 Å². The molecule has 0 saturated carbocycles. The van der Waals surface area contributed by atoms with Crippen LogP contribution in [-0.2, 0) is 0 Å². The maximum Gasteiger partial charge on any atom is 0.255 e. The van der Waals surface area contributed by atoms with Crippen LogP contribution >= 0.6 is 11.3 Å². The lowest BCUT2D eigenvalue weighted by atomic mass is 10.1. The minimum Gasteiger partial charge on any atom is -0.321 e. The molecule has 0 spiro atoms. The van der Waals surface area contributed by atoms with E-state index in [1.54, 1.807) is 11.3 Å². The van der Waals surface area contributed by atoms with Crippen LogP contribution in [0.15, 0.2) is 35.4 Å². The van der Waals surface area contributed by atoms with Gasteiger partial charge in [-0.05, 0) is 63.4 Å². The number of carbonyl (C=O) groups excluding carboxylic acids is 1. The van der Waals surface area contributed by atoms with Crippen LogP contribution in [0.25, 0.3) is 10.2 Å². The largest absolute Gasteiger partial charge is 0.321 e. The van der Waals surface area contributed by atoms with Gasteiger partial charge >= 0.3 is 0 Å². The van der Waals surface area contributed by atoms with Crippen molar-refractivity contribution in [2.75, 3.05) is 10.7 Å². The van der Waals surface area contributed by atoms with Crippen LogP contribution < -0.4 is 10.7 Å². The number of nitrogens with one attached hydrogen (secondary N) is 2. The van der Waals surface area contributed by atoms with Gasteiger partial charge in [0.1, 0.15) is 0 Å². The summed E-state index contributed by atoms with van der Waals surface area (Å²) in [4.78, 5) is 17.3. The maximum atomic E-state index is 12.7. The number of hydrogen-bond acceptors (Lipinski definition) is 5. The lowest BCUT2D eigenvalue weighted by Crippen LogP contribution is -2.14. The van der Waals surface area contributed by atoms with E-state index < -0.39 is 0 Å². The number of aryl methyl sites for hydroxylation is 3. The summed E-state index contributed by atoms with van der Waals surface area (Å²) in [6.45, 7) is 10.0. The van der Waals surface area contributed by atoms with Gasteiger partial charge in [0.05, 0.1) is 10.2 Å².